The Morgan fingerprint density at radius 1 is 1.25 bits per heavy atom. The van der Waals surface area contributed by atoms with Gasteiger partial charge in [0.15, 0.2) is 0 Å². The molecule has 0 aromatic heterocycles. The van der Waals surface area contributed by atoms with Gasteiger partial charge in [-0.1, -0.05) is 12.8 Å². The van der Waals surface area contributed by atoms with Gasteiger partial charge in [-0.15, -0.1) is 0 Å². The van der Waals surface area contributed by atoms with Crippen LogP contribution in [0, 0.1) is 0 Å². The Morgan fingerprint density at radius 3 is 2.56 bits per heavy atom. The van der Waals surface area contributed by atoms with Crippen LogP contribution >= 0.6 is 0 Å². The summed E-state index contributed by atoms with van der Waals surface area (Å²) in [5.41, 5.74) is 0.443. The molecule has 1 aliphatic heterocycles. The zero-order chi connectivity index (χ0) is 11.4. The summed E-state index contributed by atoms with van der Waals surface area (Å²) in [5.74, 6) is 0. The molecule has 2 fully saturated rings. The van der Waals surface area contributed by atoms with E-state index in [1.54, 1.807) is 0 Å². The van der Waals surface area contributed by atoms with Crippen molar-refractivity contribution in [1.82, 2.24) is 15.5 Å². The molecule has 3 heteroatoms. The van der Waals surface area contributed by atoms with Gasteiger partial charge in [-0.2, -0.15) is 0 Å². The van der Waals surface area contributed by atoms with Gasteiger partial charge in [0.2, 0.25) is 0 Å². The van der Waals surface area contributed by atoms with E-state index in [0.29, 0.717) is 5.54 Å². The van der Waals surface area contributed by atoms with E-state index in [9.17, 15) is 0 Å². The lowest BCUT2D eigenvalue weighted by atomic mass is 9.96. The van der Waals surface area contributed by atoms with Crippen molar-refractivity contribution in [3.63, 3.8) is 0 Å². The summed E-state index contributed by atoms with van der Waals surface area (Å²) < 4.78 is 0. The molecule has 1 saturated carbocycles. The quantitative estimate of drug-likeness (QED) is 0.736. The fraction of sp³-hybridized carbons (Fsp3) is 1.00. The Kier molecular flexibility index (Phi) is 4.22. The summed E-state index contributed by atoms with van der Waals surface area (Å²) in [7, 11) is 4.47. The van der Waals surface area contributed by atoms with Crippen LogP contribution in [-0.4, -0.2) is 50.2 Å². The molecule has 0 aromatic rings. The van der Waals surface area contributed by atoms with Crippen LogP contribution in [0.2, 0.25) is 0 Å². The second-order valence-electron chi connectivity index (χ2n) is 5.75. The van der Waals surface area contributed by atoms with Gasteiger partial charge in [-0.3, -0.25) is 0 Å². The summed E-state index contributed by atoms with van der Waals surface area (Å²) in [6, 6.07) is 0.723. The normalized spacial score (nSPS) is 29.1. The first-order valence-corrected chi connectivity index (χ1v) is 6.84. The molecule has 0 bridgehead atoms. The second kappa shape index (κ2) is 5.48. The van der Waals surface area contributed by atoms with Crippen LogP contribution in [0.3, 0.4) is 0 Å². The number of hydrogen-bond acceptors (Lipinski definition) is 3. The first-order valence-electron chi connectivity index (χ1n) is 6.84. The summed E-state index contributed by atoms with van der Waals surface area (Å²) in [6.45, 7) is 3.53. The van der Waals surface area contributed by atoms with E-state index in [-0.39, 0.29) is 0 Å². The number of nitrogens with one attached hydrogen (secondary N) is 2. The minimum Gasteiger partial charge on any atom is -0.313 e. The summed E-state index contributed by atoms with van der Waals surface area (Å²) in [4.78, 5) is 2.44. The third-order valence-corrected chi connectivity index (χ3v) is 4.49. The molecule has 3 nitrogen and oxygen atoms in total. The maximum absolute atomic E-state index is 3.69. The second-order valence-corrected chi connectivity index (χ2v) is 5.75. The third-order valence-electron chi connectivity index (χ3n) is 4.49. The first kappa shape index (κ1) is 12.3. The van der Waals surface area contributed by atoms with E-state index in [0.717, 1.165) is 19.1 Å². The molecular weight excluding hydrogens is 198 g/mol. The smallest absolute Gasteiger partial charge is 0.0327 e. The van der Waals surface area contributed by atoms with Gasteiger partial charge < -0.3 is 15.5 Å². The van der Waals surface area contributed by atoms with Crippen molar-refractivity contribution in [1.29, 1.82) is 0 Å². The molecule has 2 rings (SSSR count). The maximum atomic E-state index is 3.69. The SMILES string of the molecule is CN(C)C1(CNCC2CCCN2)CCCC1. The van der Waals surface area contributed by atoms with Gasteiger partial charge in [0, 0.05) is 24.7 Å². The van der Waals surface area contributed by atoms with Crippen LogP contribution in [-0.2, 0) is 0 Å². The monoisotopic (exact) mass is 225 g/mol. The fourth-order valence-electron chi connectivity index (χ4n) is 3.23. The van der Waals surface area contributed by atoms with Crippen molar-refractivity contribution in [2.45, 2.75) is 50.1 Å². The Hall–Kier alpha value is -0.120. The van der Waals surface area contributed by atoms with Gasteiger partial charge in [-0.05, 0) is 46.3 Å². The van der Waals surface area contributed by atoms with Crippen LogP contribution in [0.1, 0.15) is 38.5 Å². The molecule has 16 heavy (non-hydrogen) atoms. The van der Waals surface area contributed by atoms with Crippen LogP contribution < -0.4 is 10.6 Å². The lowest BCUT2D eigenvalue weighted by Crippen LogP contribution is -2.51. The molecule has 1 atom stereocenters. The lowest BCUT2D eigenvalue weighted by molar-refractivity contribution is 0.153. The van der Waals surface area contributed by atoms with Crippen LogP contribution in [0.5, 0.6) is 0 Å². The topological polar surface area (TPSA) is 27.3 Å². The van der Waals surface area contributed by atoms with E-state index >= 15 is 0 Å². The predicted octanol–water partition coefficient (Wildman–Crippen LogP) is 1.20. The molecule has 0 aromatic carbocycles. The number of nitrogens with zero attached hydrogens (tertiary/aromatic N) is 1. The first-order chi connectivity index (χ1) is 7.73. The van der Waals surface area contributed by atoms with E-state index in [2.05, 4.69) is 29.6 Å². The molecule has 1 unspecified atom stereocenters. The summed E-state index contributed by atoms with van der Waals surface area (Å²) in [5, 5.41) is 7.23. The highest BCUT2D eigenvalue weighted by Gasteiger charge is 2.35. The predicted molar refractivity (Wildman–Crippen MR) is 68.8 cm³/mol. The molecule has 94 valence electrons. The fourth-order valence-corrected chi connectivity index (χ4v) is 3.23. The Balaban J connectivity index is 1.73. The van der Waals surface area contributed by atoms with E-state index in [1.807, 2.05) is 0 Å². The molecule has 0 amide bonds. The molecule has 2 N–H and O–H groups in total. The Morgan fingerprint density at radius 2 is 2.00 bits per heavy atom. The van der Waals surface area contributed by atoms with Crippen molar-refractivity contribution in [2.75, 3.05) is 33.7 Å². The minimum absolute atomic E-state index is 0.443. The van der Waals surface area contributed by atoms with E-state index < -0.39 is 0 Å². The highest BCUT2D eigenvalue weighted by Crippen LogP contribution is 2.33. The van der Waals surface area contributed by atoms with Crippen molar-refractivity contribution < 1.29 is 0 Å². The van der Waals surface area contributed by atoms with Gasteiger partial charge in [0.05, 0.1) is 0 Å². The van der Waals surface area contributed by atoms with Gasteiger partial charge in [0.1, 0.15) is 0 Å². The highest BCUT2D eigenvalue weighted by molar-refractivity contribution is 4.94. The maximum Gasteiger partial charge on any atom is 0.0327 e. The van der Waals surface area contributed by atoms with Gasteiger partial charge in [-0.25, -0.2) is 0 Å². The van der Waals surface area contributed by atoms with E-state index in [1.165, 1.54) is 45.1 Å². The largest absolute Gasteiger partial charge is 0.313 e. The molecule has 2 aliphatic rings. The van der Waals surface area contributed by atoms with Crippen LogP contribution in [0.15, 0.2) is 0 Å². The van der Waals surface area contributed by atoms with Crippen molar-refractivity contribution in [3.8, 4) is 0 Å². The van der Waals surface area contributed by atoms with Crippen LogP contribution in [0.25, 0.3) is 0 Å². The number of rotatable bonds is 5. The molecule has 0 radical (unpaired) electrons. The lowest BCUT2D eigenvalue weighted by Gasteiger charge is -2.37. The number of likely N-dealkylation sites (N-methyl/N-ethyl adjacent to an activating group) is 1. The van der Waals surface area contributed by atoms with E-state index in [4.69, 9.17) is 0 Å². The minimum atomic E-state index is 0.443. The summed E-state index contributed by atoms with van der Waals surface area (Å²) >= 11 is 0. The van der Waals surface area contributed by atoms with Crippen molar-refractivity contribution in [3.05, 3.63) is 0 Å². The highest BCUT2D eigenvalue weighted by atomic mass is 15.2. The van der Waals surface area contributed by atoms with Crippen LogP contribution in [0.4, 0.5) is 0 Å². The Labute approximate surface area is 100.0 Å². The Bertz CT molecular complexity index is 203. The van der Waals surface area contributed by atoms with Gasteiger partial charge >= 0.3 is 0 Å². The third kappa shape index (κ3) is 2.76. The van der Waals surface area contributed by atoms with Crippen molar-refractivity contribution in [2.24, 2.45) is 0 Å². The number of hydrogen-bond donors (Lipinski definition) is 2. The molecule has 1 heterocycles. The van der Waals surface area contributed by atoms with Crippen molar-refractivity contribution >= 4 is 0 Å². The molecule has 0 spiro atoms. The average molecular weight is 225 g/mol. The zero-order valence-corrected chi connectivity index (χ0v) is 10.9. The molecular formula is C13H27N3. The standard InChI is InChI=1S/C13H27N3/c1-16(2)13(7-3-4-8-13)11-14-10-12-6-5-9-15-12/h12,14-15H,3-11H2,1-2H3. The average Bonchev–Trinajstić information content (AvgIpc) is 2.88. The zero-order valence-electron chi connectivity index (χ0n) is 10.9. The molecule has 1 saturated heterocycles. The van der Waals surface area contributed by atoms with Gasteiger partial charge in [0.25, 0.3) is 0 Å². The summed E-state index contributed by atoms with van der Waals surface area (Å²) in [6.07, 6.45) is 8.24. The molecule has 1 aliphatic carbocycles.